The van der Waals surface area contributed by atoms with Crippen molar-refractivity contribution in [2.24, 2.45) is 0 Å². The minimum atomic E-state index is -3.80. The number of carboxylic acid groups (broad SMARTS) is 1. The standard InChI is InChI=1S/C17H19N3O5S2/c1-11-14(16(22)23)26-17(18-11)19-15(21)13-9-5-6-10-20(13)27(24,25)12-7-3-2-4-8-12/h2-4,7-8,13H,5-6,9-10H2,1H3,(H,22,23)(H,18,19,21)/t13-/m0/s1. The Morgan fingerprint density at radius 2 is 1.96 bits per heavy atom. The fourth-order valence-corrected chi connectivity index (χ4v) is 5.51. The second-order valence-corrected chi connectivity index (χ2v) is 9.06. The summed E-state index contributed by atoms with van der Waals surface area (Å²) in [6, 6.07) is 7.14. The van der Waals surface area contributed by atoms with E-state index in [2.05, 4.69) is 10.3 Å². The third kappa shape index (κ3) is 4.02. The molecule has 1 aromatic carbocycles. The molecule has 2 heterocycles. The highest BCUT2D eigenvalue weighted by molar-refractivity contribution is 7.89. The molecule has 1 atom stereocenters. The summed E-state index contributed by atoms with van der Waals surface area (Å²) >= 11 is 0.854. The van der Waals surface area contributed by atoms with E-state index in [9.17, 15) is 18.0 Å². The molecule has 2 aromatic rings. The maximum atomic E-state index is 13.0. The van der Waals surface area contributed by atoms with Crippen LogP contribution in [0.25, 0.3) is 0 Å². The van der Waals surface area contributed by atoms with E-state index in [1.165, 1.54) is 16.4 Å². The van der Waals surface area contributed by atoms with Crippen molar-refractivity contribution >= 4 is 38.4 Å². The van der Waals surface area contributed by atoms with Crippen molar-refractivity contribution in [3.63, 3.8) is 0 Å². The maximum Gasteiger partial charge on any atom is 0.347 e. The summed E-state index contributed by atoms with van der Waals surface area (Å²) in [6.07, 6.45) is 1.81. The van der Waals surface area contributed by atoms with E-state index in [4.69, 9.17) is 5.11 Å². The first-order chi connectivity index (χ1) is 12.8. The van der Waals surface area contributed by atoms with Gasteiger partial charge in [0.05, 0.1) is 10.6 Å². The Kier molecular flexibility index (Phi) is 5.59. The number of hydrogen-bond donors (Lipinski definition) is 2. The van der Waals surface area contributed by atoms with Crippen molar-refractivity contribution in [3.05, 3.63) is 40.9 Å². The molecule has 0 aliphatic carbocycles. The zero-order chi connectivity index (χ0) is 19.6. The van der Waals surface area contributed by atoms with Crippen LogP contribution >= 0.6 is 11.3 Å². The third-order valence-electron chi connectivity index (χ3n) is 4.33. The van der Waals surface area contributed by atoms with Gasteiger partial charge in [0.2, 0.25) is 15.9 Å². The summed E-state index contributed by atoms with van der Waals surface area (Å²) in [4.78, 5) is 28.1. The number of piperidine rings is 1. The SMILES string of the molecule is Cc1nc(NC(=O)[C@@H]2CCCCN2S(=O)(=O)c2ccccc2)sc1C(=O)O. The molecule has 144 valence electrons. The minimum Gasteiger partial charge on any atom is -0.477 e. The Balaban J connectivity index is 1.84. The van der Waals surface area contributed by atoms with E-state index in [1.54, 1.807) is 25.1 Å². The van der Waals surface area contributed by atoms with Gasteiger partial charge in [0.25, 0.3) is 0 Å². The lowest BCUT2D eigenvalue weighted by atomic mass is 10.0. The normalized spacial score (nSPS) is 18.2. The fourth-order valence-electron chi connectivity index (χ4n) is 3.02. The van der Waals surface area contributed by atoms with E-state index >= 15 is 0 Å². The van der Waals surface area contributed by atoms with Gasteiger partial charge in [-0.2, -0.15) is 4.31 Å². The first kappa shape index (κ1) is 19.5. The van der Waals surface area contributed by atoms with Crippen LogP contribution in [0.2, 0.25) is 0 Å². The molecule has 1 aliphatic heterocycles. The fraction of sp³-hybridized carbons (Fsp3) is 0.353. The molecule has 1 aromatic heterocycles. The molecular weight excluding hydrogens is 390 g/mol. The number of carbonyl (C=O) groups is 2. The smallest absolute Gasteiger partial charge is 0.347 e. The molecule has 0 unspecified atom stereocenters. The quantitative estimate of drug-likeness (QED) is 0.783. The molecule has 1 fully saturated rings. The topological polar surface area (TPSA) is 117 Å². The highest BCUT2D eigenvalue weighted by Gasteiger charge is 2.38. The summed E-state index contributed by atoms with van der Waals surface area (Å²) in [6.45, 7) is 1.80. The molecule has 10 heteroatoms. The summed E-state index contributed by atoms with van der Waals surface area (Å²) in [5.41, 5.74) is 0.306. The molecular formula is C17H19N3O5S2. The van der Waals surface area contributed by atoms with Gasteiger partial charge in [-0.05, 0) is 31.9 Å². The first-order valence-corrected chi connectivity index (χ1v) is 10.6. The lowest BCUT2D eigenvalue weighted by Gasteiger charge is -2.33. The van der Waals surface area contributed by atoms with Crippen LogP contribution in [0, 0.1) is 6.92 Å². The number of nitrogens with zero attached hydrogens (tertiary/aromatic N) is 2. The Labute approximate surface area is 160 Å². The molecule has 0 radical (unpaired) electrons. The number of anilines is 1. The number of carbonyl (C=O) groups excluding carboxylic acids is 1. The zero-order valence-electron chi connectivity index (χ0n) is 14.6. The lowest BCUT2D eigenvalue weighted by Crippen LogP contribution is -2.49. The number of aromatic nitrogens is 1. The summed E-state index contributed by atoms with van der Waals surface area (Å²) in [7, 11) is -3.80. The number of amides is 1. The highest BCUT2D eigenvalue weighted by Crippen LogP contribution is 2.28. The van der Waals surface area contributed by atoms with Crippen LogP contribution in [0.5, 0.6) is 0 Å². The van der Waals surface area contributed by atoms with Gasteiger partial charge in [0.1, 0.15) is 10.9 Å². The van der Waals surface area contributed by atoms with Crippen molar-refractivity contribution in [3.8, 4) is 0 Å². The summed E-state index contributed by atoms with van der Waals surface area (Å²) in [5.74, 6) is -1.61. The van der Waals surface area contributed by atoms with E-state index in [0.29, 0.717) is 18.5 Å². The third-order valence-corrected chi connectivity index (χ3v) is 7.31. The molecule has 0 bridgehead atoms. The van der Waals surface area contributed by atoms with Crippen molar-refractivity contribution in [2.45, 2.75) is 37.1 Å². The number of nitrogens with one attached hydrogen (secondary N) is 1. The number of aryl methyl sites for hydroxylation is 1. The van der Waals surface area contributed by atoms with Crippen LogP contribution in [-0.2, 0) is 14.8 Å². The van der Waals surface area contributed by atoms with Gasteiger partial charge < -0.3 is 10.4 Å². The maximum absolute atomic E-state index is 13.0. The predicted octanol–water partition coefficient (Wildman–Crippen LogP) is 2.33. The molecule has 1 aliphatic rings. The lowest BCUT2D eigenvalue weighted by molar-refractivity contribution is -0.120. The molecule has 1 amide bonds. The van der Waals surface area contributed by atoms with E-state index in [-0.39, 0.29) is 21.4 Å². The Morgan fingerprint density at radius 1 is 1.26 bits per heavy atom. The number of thiazole rings is 1. The molecule has 2 N–H and O–H groups in total. The van der Waals surface area contributed by atoms with Crippen LogP contribution in [-0.4, -0.2) is 47.3 Å². The number of carboxylic acids is 1. The number of rotatable bonds is 5. The van der Waals surface area contributed by atoms with Crippen LogP contribution in [0.3, 0.4) is 0 Å². The molecule has 27 heavy (non-hydrogen) atoms. The van der Waals surface area contributed by atoms with Crippen molar-refractivity contribution in [2.75, 3.05) is 11.9 Å². The molecule has 0 spiro atoms. The first-order valence-electron chi connectivity index (χ1n) is 8.39. The van der Waals surface area contributed by atoms with Gasteiger partial charge >= 0.3 is 5.97 Å². The van der Waals surface area contributed by atoms with Crippen molar-refractivity contribution in [1.29, 1.82) is 0 Å². The van der Waals surface area contributed by atoms with E-state index in [1.807, 2.05) is 0 Å². The molecule has 0 saturated carbocycles. The van der Waals surface area contributed by atoms with Crippen molar-refractivity contribution in [1.82, 2.24) is 9.29 Å². The zero-order valence-corrected chi connectivity index (χ0v) is 16.2. The number of sulfonamides is 1. The molecule has 1 saturated heterocycles. The minimum absolute atomic E-state index is 0.0442. The number of hydrogen-bond acceptors (Lipinski definition) is 6. The van der Waals surface area contributed by atoms with E-state index < -0.39 is 27.9 Å². The molecule has 3 rings (SSSR count). The summed E-state index contributed by atoms with van der Waals surface area (Å²) in [5, 5.41) is 11.8. The van der Waals surface area contributed by atoms with Crippen LogP contribution in [0.15, 0.2) is 35.2 Å². The van der Waals surface area contributed by atoms with Gasteiger partial charge in [-0.1, -0.05) is 36.0 Å². The average molecular weight is 409 g/mol. The van der Waals surface area contributed by atoms with Gasteiger partial charge in [0.15, 0.2) is 5.13 Å². The van der Waals surface area contributed by atoms with Gasteiger partial charge in [-0.3, -0.25) is 4.79 Å². The predicted molar refractivity (Wildman–Crippen MR) is 100 cm³/mol. The van der Waals surface area contributed by atoms with Crippen molar-refractivity contribution < 1.29 is 23.1 Å². The highest BCUT2D eigenvalue weighted by atomic mass is 32.2. The van der Waals surface area contributed by atoms with Gasteiger partial charge in [0, 0.05) is 6.54 Å². The molecule has 8 nitrogen and oxygen atoms in total. The largest absolute Gasteiger partial charge is 0.477 e. The average Bonchev–Trinajstić information content (AvgIpc) is 3.03. The van der Waals surface area contributed by atoms with E-state index in [0.717, 1.165) is 17.8 Å². The van der Waals surface area contributed by atoms with Crippen LogP contribution in [0.1, 0.15) is 34.6 Å². The Hall–Kier alpha value is -2.30. The Morgan fingerprint density at radius 3 is 2.59 bits per heavy atom. The van der Waals surface area contributed by atoms with Crippen LogP contribution < -0.4 is 5.32 Å². The van der Waals surface area contributed by atoms with Gasteiger partial charge in [-0.15, -0.1) is 0 Å². The number of aromatic carboxylic acids is 1. The number of benzene rings is 1. The second-order valence-electron chi connectivity index (χ2n) is 6.17. The van der Waals surface area contributed by atoms with Crippen LogP contribution in [0.4, 0.5) is 5.13 Å². The van der Waals surface area contributed by atoms with Gasteiger partial charge in [-0.25, -0.2) is 18.2 Å². The Bertz CT molecular complexity index is 956. The second kappa shape index (κ2) is 7.75. The summed E-state index contributed by atoms with van der Waals surface area (Å²) < 4.78 is 27.1. The monoisotopic (exact) mass is 409 g/mol.